The lowest BCUT2D eigenvalue weighted by Crippen LogP contribution is -2.43. The first-order valence-corrected chi connectivity index (χ1v) is 6.76. The van der Waals surface area contributed by atoms with Gasteiger partial charge in [0.1, 0.15) is 0 Å². The Morgan fingerprint density at radius 1 is 1.35 bits per heavy atom. The molecule has 0 saturated heterocycles. The van der Waals surface area contributed by atoms with Crippen molar-refractivity contribution in [3.63, 3.8) is 0 Å². The van der Waals surface area contributed by atoms with Crippen molar-refractivity contribution in [1.29, 1.82) is 0 Å². The van der Waals surface area contributed by atoms with Gasteiger partial charge in [0.2, 0.25) is 5.91 Å². The molecule has 1 aliphatic carbocycles. The van der Waals surface area contributed by atoms with E-state index in [4.69, 9.17) is 4.74 Å². The van der Waals surface area contributed by atoms with Gasteiger partial charge in [-0.1, -0.05) is 19.8 Å². The van der Waals surface area contributed by atoms with Gasteiger partial charge >= 0.3 is 0 Å². The summed E-state index contributed by atoms with van der Waals surface area (Å²) in [6.45, 7) is 3.44. The molecule has 4 nitrogen and oxygen atoms in total. The zero-order valence-electron chi connectivity index (χ0n) is 10.8. The van der Waals surface area contributed by atoms with Crippen molar-refractivity contribution in [2.75, 3.05) is 19.8 Å². The van der Waals surface area contributed by atoms with Gasteiger partial charge in [-0.25, -0.2) is 0 Å². The lowest BCUT2D eigenvalue weighted by atomic mass is 9.85. The van der Waals surface area contributed by atoms with E-state index < -0.39 is 0 Å². The molecule has 2 N–H and O–H groups in total. The summed E-state index contributed by atoms with van der Waals surface area (Å²) < 4.78 is 5.29. The van der Waals surface area contributed by atoms with Crippen LogP contribution in [0.4, 0.5) is 0 Å². The first-order valence-electron chi connectivity index (χ1n) is 6.76. The lowest BCUT2D eigenvalue weighted by molar-refractivity contribution is -0.123. The van der Waals surface area contributed by atoms with Gasteiger partial charge in [-0.2, -0.15) is 0 Å². The van der Waals surface area contributed by atoms with Gasteiger partial charge < -0.3 is 15.2 Å². The van der Waals surface area contributed by atoms with E-state index in [9.17, 15) is 9.90 Å². The SMILES string of the molecule is CCCOCCC(=O)NC1CCCCC1CO. The molecule has 1 amide bonds. The molecule has 0 heterocycles. The molecule has 1 aliphatic rings. The summed E-state index contributed by atoms with van der Waals surface area (Å²) in [4.78, 5) is 11.7. The minimum atomic E-state index is 0.0476. The zero-order chi connectivity index (χ0) is 12.5. The maximum absolute atomic E-state index is 11.7. The smallest absolute Gasteiger partial charge is 0.222 e. The maximum atomic E-state index is 11.7. The minimum Gasteiger partial charge on any atom is -0.396 e. The molecule has 0 bridgehead atoms. The van der Waals surface area contributed by atoms with Gasteiger partial charge in [-0.3, -0.25) is 4.79 Å². The number of carbonyl (C=O) groups excluding carboxylic acids is 1. The van der Waals surface area contributed by atoms with Gasteiger partial charge in [0, 0.05) is 31.6 Å². The second-order valence-electron chi connectivity index (χ2n) is 4.76. The molecule has 0 aromatic rings. The quantitative estimate of drug-likeness (QED) is 0.666. The number of carbonyl (C=O) groups is 1. The van der Waals surface area contributed by atoms with E-state index in [2.05, 4.69) is 5.32 Å². The molecule has 0 aromatic carbocycles. The largest absolute Gasteiger partial charge is 0.396 e. The first-order chi connectivity index (χ1) is 8.27. The molecule has 2 unspecified atom stereocenters. The molecule has 17 heavy (non-hydrogen) atoms. The van der Waals surface area contributed by atoms with E-state index in [1.54, 1.807) is 0 Å². The lowest BCUT2D eigenvalue weighted by Gasteiger charge is -2.30. The number of aliphatic hydroxyl groups is 1. The highest BCUT2D eigenvalue weighted by atomic mass is 16.5. The number of amides is 1. The molecule has 1 fully saturated rings. The summed E-state index contributed by atoms with van der Waals surface area (Å²) in [5.41, 5.74) is 0. The third kappa shape index (κ3) is 5.50. The Bertz CT molecular complexity index is 221. The van der Waals surface area contributed by atoms with Crippen molar-refractivity contribution < 1.29 is 14.6 Å². The van der Waals surface area contributed by atoms with Gasteiger partial charge in [-0.15, -0.1) is 0 Å². The minimum absolute atomic E-state index is 0.0476. The molecule has 0 aliphatic heterocycles. The maximum Gasteiger partial charge on any atom is 0.222 e. The highest BCUT2D eigenvalue weighted by Crippen LogP contribution is 2.23. The monoisotopic (exact) mass is 243 g/mol. The normalized spacial score (nSPS) is 24.6. The Morgan fingerprint density at radius 3 is 2.82 bits per heavy atom. The second kappa shape index (κ2) is 8.48. The van der Waals surface area contributed by atoms with E-state index in [1.807, 2.05) is 6.92 Å². The number of hydrogen-bond donors (Lipinski definition) is 2. The van der Waals surface area contributed by atoms with E-state index in [0.29, 0.717) is 13.0 Å². The van der Waals surface area contributed by atoms with Crippen LogP contribution in [0.1, 0.15) is 45.4 Å². The molecule has 0 aromatic heterocycles. The number of aliphatic hydroxyl groups excluding tert-OH is 1. The van der Waals surface area contributed by atoms with Crippen LogP contribution in [0.3, 0.4) is 0 Å². The predicted octanol–water partition coefficient (Wildman–Crippen LogP) is 1.47. The van der Waals surface area contributed by atoms with E-state index in [-0.39, 0.29) is 24.5 Å². The van der Waals surface area contributed by atoms with Crippen molar-refractivity contribution >= 4 is 5.91 Å². The summed E-state index contributed by atoms with van der Waals surface area (Å²) in [6, 6.07) is 0.160. The van der Waals surface area contributed by atoms with Gasteiger partial charge in [0.05, 0.1) is 6.61 Å². The van der Waals surface area contributed by atoms with Gasteiger partial charge in [0.15, 0.2) is 0 Å². The topological polar surface area (TPSA) is 58.6 Å². The Hall–Kier alpha value is -0.610. The number of nitrogens with one attached hydrogen (secondary N) is 1. The third-order valence-corrected chi connectivity index (χ3v) is 3.31. The average molecular weight is 243 g/mol. The number of hydrogen-bond acceptors (Lipinski definition) is 3. The summed E-state index contributed by atoms with van der Waals surface area (Å²) in [5, 5.41) is 12.3. The molecular formula is C13H25NO3. The summed E-state index contributed by atoms with van der Waals surface area (Å²) >= 11 is 0. The fraction of sp³-hybridized carbons (Fsp3) is 0.923. The average Bonchev–Trinajstić information content (AvgIpc) is 2.35. The van der Waals surface area contributed by atoms with Crippen LogP contribution < -0.4 is 5.32 Å². The van der Waals surface area contributed by atoms with Crippen LogP contribution in [0.5, 0.6) is 0 Å². The third-order valence-electron chi connectivity index (χ3n) is 3.31. The standard InChI is InChI=1S/C13H25NO3/c1-2-8-17-9-7-13(16)14-12-6-4-3-5-11(12)10-15/h11-12,15H,2-10H2,1H3,(H,14,16). The summed E-state index contributed by atoms with van der Waals surface area (Å²) in [7, 11) is 0. The molecule has 1 saturated carbocycles. The second-order valence-corrected chi connectivity index (χ2v) is 4.76. The van der Waals surface area contributed by atoms with Crippen molar-refractivity contribution in [2.24, 2.45) is 5.92 Å². The Balaban J connectivity index is 2.19. The fourth-order valence-electron chi connectivity index (χ4n) is 2.31. The summed E-state index contributed by atoms with van der Waals surface area (Å²) in [6.07, 6.45) is 5.73. The molecule has 4 heteroatoms. The molecule has 1 rings (SSSR count). The molecule has 2 atom stereocenters. The van der Waals surface area contributed by atoms with Crippen molar-refractivity contribution in [3.05, 3.63) is 0 Å². The van der Waals surface area contributed by atoms with Crippen LogP contribution in [0.25, 0.3) is 0 Å². The van der Waals surface area contributed by atoms with E-state index in [0.717, 1.165) is 38.7 Å². The van der Waals surface area contributed by atoms with Crippen LogP contribution >= 0.6 is 0 Å². The Kier molecular flexibility index (Phi) is 7.21. The molecular weight excluding hydrogens is 218 g/mol. The molecule has 0 radical (unpaired) electrons. The summed E-state index contributed by atoms with van der Waals surface area (Å²) in [5.74, 6) is 0.288. The molecule has 0 spiro atoms. The number of ether oxygens (including phenoxy) is 1. The Morgan fingerprint density at radius 2 is 2.12 bits per heavy atom. The zero-order valence-corrected chi connectivity index (χ0v) is 10.8. The molecule has 100 valence electrons. The van der Waals surface area contributed by atoms with Crippen LogP contribution in [0.15, 0.2) is 0 Å². The van der Waals surface area contributed by atoms with Crippen molar-refractivity contribution in [2.45, 2.75) is 51.5 Å². The van der Waals surface area contributed by atoms with E-state index >= 15 is 0 Å². The highest BCUT2D eigenvalue weighted by Gasteiger charge is 2.25. The van der Waals surface area contributed by atoms with Crippen LogP contribution in [0, 0.1) is 5.92 Å². The number of rotatable bonds is 7. The van der Waals surface area contributed by atoms with Gasteiger partial charge in [0.25, 0.3) is 0 Å². The van der Waals surface area contributed by atoms with Crippen LogP contribution in [-0.4, -0.2) is 36.9 Å². The predicted molar refractivity (Wildman–Crippen MR) is 66.7 cm³/mol. The Labute approximate surface area is 104 Å². The van der Waals surface area contributed by atoms with E-state index in [1.165, 1.54) is 0 Å². The highest BCUT2D eigenvalue weighted by molar-refractivity contribution is 5.76. The van der Waals surface area contributed by atoms with Gasteiger partial charge in [-0.05, 0) is 19.3 Å². The first kappa shape index (κ1) is 14.5. The fourth-order valence-corrected chi connectivity index (χ4v) is 2.31. The van der Waals surface area contributed by atoms with Crippen molar-refractivity contribution in [3.8, 4) is 0 Å². The van der Waals surface area contributed by atoms with Crippen molar-refractivity contribution in [1.82, 2.24) is 5.32 Å². The van der Waals surface area contributed by atoms with Crippen LogP contribution in [-0.2, 0) is 9.53 Å². The van der Waals surface area contributed by atoms with Crippen LogP contribution in [0.2, 0.25) is 0 Å².